The van der Waals surface area contributed by atoms with Crippen molar-refractivity contribution in [3.8, 4) is 0 Å². The SMILES string of the molecule is C=Cc1cc(CN2CCC(C(C)Nc3ccccc3C(C)Cc3cccc(F)c3)CC2)ccc1N(C=C)c1cccc(F)c1. The van der Waals surface area contributed by atoms with Crippen LogP contribution in [-0.2, 0) is 13.0 Å². The average Bonchev–Trinajstić information content (AvgIpc) is 3.02. The molecule has 4 aromatic rings. The Kier molecular flexibility index (Phi) is 10.3. The molecule has 44 heavy (non-hydrogen) atoms. The fraction of sp³-hybridized carbons (Fsp3) is 0.282. The second kappa shape index (κ2) is 14.5. The number of likely N-dealkylation sites (tertiary alicyclic amines) is 1. The van der Waals surface area contributed by atoms with Gasteiger partial charge in [0.1, 0.15) is 11.6 Å². The van der Waals surface area contributed by atoms with Crippen LogP contribution in [0.25, 0.3) is 6.08 Å². The molecule has 2 unspecified atom stereocenters. The Balaban J connectivity index is 1.18. The number of halogens is 2. The Morgan fingerprint density at radius 2 is 1.59 bits per heavy atom. The smallest absolute Gasteiger partial charge is 0.125 e. The Morgan fingerprint density at radius 1 is 0.864 bits per heavy atom. The van der Waals surface area contributed by atoms with Gasteiger partial charge in [-0.1, -0.05) is 68.6 Å². The largest absolute Gasteiger partial charge is 0.382 e. The second-order valence-electron chi connectivity index (χ2n) is 12.0. The Labute approximate surface area is 261 Å². The monoisotopic (exact) mass is 591 g/mol. The van der Waals surface area contributed by atoms with Crippen LogP contribution in [0.15, 0.2) is 110 Å². The van der Waals surface area contributed by atoms with Crippen LogP contribution in [0.1, 0.15) is 54.9 Å². The van der Waals surface area contributed by atoms with Gasteiger partial charge < -0.3 is 10.2 Å². The summed E-state index contributed by atoms with van der Waals surface area (Å²) in [6.45, 7) is 15.5. The average molecular weight is 592 g/mol. The van der Waals surface area contributed by atoms with Crippen LogP contribution in [0.2, 0.25) is 0 Å². The fourth-order valence-electron chi connectivity index (χ4n) is 6.47. The van der Waals surface area contributed by atoms with Crippen LogP contribution in [0.5, 0.6) is 0 Å². The molecule has 1 aliphatic heterocycles. The lowest BCUT2D eigenvalue weighted by Gasteiger charge is -2.36. The number of para-hydroxylation sites is 1. The first-order valence-electron chi connectivity index (χ1n) is 15.6. The van der Waals surface area contributed by atoms with Crippen LogP contribution in [0, 0.1) is 17.6 Å². The molecule has 4 aromatic carbocycles. The fourth-order valence-corrected chi connectivity index (χ4v) is 6.47. The molecule has 5 heteroatoms. The van der Waals surface area contributed by atoms with Crippen molar-refractivity contribution in [1.29, 1.82) is 0 Å². The van der Waals surface area contributed by atoms with Gasteiger partial charge in [-0.15, -0.1) is 0 Å². The predicted octanol–water partition coefficient (Wildman–Crippen LogP) is 9.95. The highest BCUT2D eigenvalue weighted by molar-refractivity contribution is 5.75. The molecule has 0 bridgehead atoms. The number of anilines is 3. The van der Waals surface area contributed by atoms with Crippen LogP contribution in [0.4, 0.5) is 25.8 Å². The minimum absolute atomic E-state index is 0.181. The van der Waals surface area contributed by atoms with Crippen molar-refractivity contribution in [1.82, 2.24) is 4.90 Å². The third-order valence-corrected chi connectivity index (χ3v) is 8.89. The quantitative estimate of drug-likeness (QED) is 0.177. The molecule has 0 aliphatic carbocycles. The molecule has 0 spiro atoms. The number of nitrogens with one attached hydrogen (secondary N) is 1. The molecular weight excluding hydrogens is 548 g/mol. The molecular formula is C39H43F2N3. The van der Waals surface area contributed by atoms with E-state index in [2.05, 4.69) is 79.7 Å². The summed E-state index contributed by atoms with van der Waals surface area (Å²) in [5.41, 5.74) is 7.34. The highest BCUT2D eigenvalue weighted by Crippen LogP contribution is 2.33. The van der Waals surface area contributed by atoms with E-state index in [0.29, 0.717) is 12.0 Å². The summed E-state index contributed by atoms with van der Waals surface area (Å²) in [7, 11) is 0. The van der Waals surface area contributed by atoms with Crippen molar-refractivity contribution in [2.75, 3.05) is 23.3 Å². The lowest BCUT2D eigenvalue weighted by Crippen LogP contribution is -2.39. The number of nitrogens with zero attached hydrogens (tertiary/aromatic N) is 2. The molecule has 228 valence electrons. The summed E-state index contributed by atoms with van der Waals surface area (Å²) in [6, 6.07) is 28.7. The third-order valence-electron chi connectivity index (χ3n) is 8.89. The summed E-state index contributed by atoms with van der Waals surface area (Å²) in [5.74, 6) is 0.392. The van der Waals surface area contributed by atoms with Gasteiger partial charge in [0.2, 0.25) is 0 Å². The topological polar surface area (TPSA) is 18.5 Å². The maximum Gasteiger partial charge on any atom is 0.125 e. The number of rotatable bonds is 12. The van der Waals surface area contributed by atoms with Crippen LogP contribution in [-0.4, -0.2) is 24.0 Å². The molecule has 0 amide bonds. The van der Waals surface area contributed by atoms with Gasteiger partial charge in [-0.25, -0.2) is 8.78 Å². The van der Waals surface area contributed by atoms with E-state index in [1.807, 2.05) is 23.1 Å². The Bertz CT molecular complexity index is 1570. The van der Waals surface area contributed by atoms with Gasteiger partial charge >= 0.3 is 0 Å². The minimum Gasteiger partial charge on any atom is -0.382 e. The van der Waals surface area contributed by atoms with E-state index < -0.39 is 0 Å². The summed E-state index contributed by atoms with van der Waals surface area (Å²) >= 11 is 0. The van der Waals surface area contributed by atoms with Gasteiger partial charge in [0.15, 0.2) is 0 Å². The van der Waals surface area contributed by atoms with Crippen molar-refractivity contribution in [3.63, 3.8) is 0 Å². The molecule has 1 N–H and O–H groups in total. The van der Waals surface area contributed by atoms with Crippen molar-refractivity contribution in [2.45, 2.75) is 51.6 Å². The summed E-state index contributed by atoms with van der Waals surface area (Å²) in [6.07, 6.45) is 6.62. The zero-order chi connectivity index (χ0) is 31.1. The number of hydrogen-bond donors (Lipinski definition) is 1. The first-order valence-corrected chi connectivity index (χ1v) is 15.6. The van der Waals surface area contributed by atoms with Gasteiger partial charge in [0.05, 0.1) is 5.69 Å². The summed E-state index contributed by atoms with van der Waals surface area (Å²) < 4.78 is 27.7. The van der Waals surface area contributed by atoms with Crippen LogP contribution < -0.4 is 10.2 Å². The van der Waals surface area contributed by atoms with Crippen LogP contribution in [0.3, 0.4) is 0 Å². The normalized spacial score (nSPS) is 15.4. The Hall–Kier alpha value is -4.22. The Morgan fingerprint density at radius 3 is 2.30 bits per heavy atom. The zero-order valence-electron chi connectivity index (χ0n) is 25.9. The summed E-state index contributed by atoms with van der Waals surface area (Å²) in [5, 5.41) is 3.84. The minimum atomic E-state index is -0.279. The molecule has 5 rings (SSSR count). The van der Waals surface area contributed by atoms with Gasteiger partial charge in [0.25, 0.3) is 0 Å². The third kappa shape index (κ3) is 7.64. The standard InChI is InChI=1S/C39H43F2N3/c1-5-32-24-31(17-18-39(32)44(6-2)36-14-10-13-35(41)26-36)27-43-21-19-33(20-22-43)29(4)42-38-16-8-7-15-37(38)28(3)23-30-11-9-12-34(40)25-30/h5-18,24-26,28-29,33,42H,1-2,19-23,27H2,3-4H3. The maximum absolute atomic E-state index is 13.9. The van der Waals surface area contributed by atoms with Gasteiger partial charge in [-0.2, -0.15) is 0 Å². The highest BCUT2D eigenvalue weighted by Gasteiger charge is 2.25. The number of piperidine rings is 1. The van der Waals surface area contributed by atoms with E-state index in [1.54, 1.807) is 24.4 Å². The molecule has 1 saturated heterocycles. The molecule has 1 heterocycles. The molecule has 3 nitrogen and oxygen atoms in total. The number of hydrogen-bond acceptors (Lipinski definition) is 3. The molecule has 1 aliphatic rings. The molecule has 1 fully saturated rings. The molecule has 2 atom stereocenters. The number of benzene rings is 4. The molecule has 0 saturated carbocycles. The lowest BCUT2D eigenvalue weighted by molar-refractivity contribution is 0.169. The first-order chi connectivity index (χ1) is 21.3. The van der Waals surface area contributed by atoms with Crippen molar-refractivity contribution in [2.24, 2.45) is 5.92 Å². The zero-order valence-corrected chi connectivity index (χ0v) is 25.9. The van der Waals surface area contributed by atoms with Gasteiger partial charge in [0, 0.05) is 30.2 Å². The van der Waals surface area contributed by atoms with Gasteiger partial charge in [-0.05, 0) is 122 Å². The summed E-state index contributed by atoms with van der Waals surface area (Å²) in [4.78, 5) is 4.42. The maximum atomic E-state index is 13.9. The van der Waals surface area contributed by atoms with Gasteiger partial charge in [-0.3, -0.25) is 4.90 Å². The van der Waals surface area contributed by atoms with E-state index in [9.17, 15) is 8.78 Å². The van der Waals surface area contributed by atoms with Crippen molar-refractivity contribution >= 4 is 23.1 Å². The first kappa shape index (κ1) is 31.2. The van der Waals surface area contributed by atoms with E-state index >= 15 is 0 Å². The highest BCUT2D eigenvalue weighted by atomic mass is 19.1. The van der Waals surface area contributed by atoms with E-state index in [-0.39, 0.29) is 17.6 Å². The molecule has 0 aromatic heterocycles. The molecule has 0 radical (unpaired) electrons. The second-order valence-corrected chi connectivity index (χ2v) is 12.0. The van der Waals surface area contributed by atoms with E-state index in [1.165, 1.54) is 35.0 Å². The van der Waals surface area contributed by atoms with Crippen molar-refractivity contribution in [3.05, 3.63) is 144 Å². The van der Waals surface area contributed by atoms with Crippen LogP contribution >= 0.6 is 0 Å². The lowest BCUT2D eigenvalue weighted by atomic mass is 9.88. The predicted molar refractivity (Wildman–Crippen MR) is 181 cm³/mol. The van der Waals surface area contributed by atoms with Crippen molar-refractivity contribution < 1.29 is 8.78 Å². The van der Waals surface area contributed by atoms with E-state index in [4.69, 9.17) is 0 Å². The van der Waals surface area contributed by atoms with E-state index in [0.717, 1.165) is 61.4 Å².